The van der Waals surface area contributed by atoms with Gasteiger partial charge < -0.3 is 4.57 Å². The normalized spacial score (nSPS) is 11.7. The first kappa shape index (κ1) is 12.4. The van der Waals surface area contributed by atoms with Crippen molar-refractivity contribution in [1.29, 1.82) is 0 Å². The summed E-state index contributed by atoms with van der Waals surface area (Å²) in [5.74, 6) is 0. The molecule has 3 nitrogen and oxygen atoms in total. The van der Waals surface area contributed by atoms with Gasteiger partial charge in [-0.25, -0.2) is 0 Å². The number of hydrogen-bond donors (Lipinski definition) is 0. The average Bonchev–Trinajstić information content (AvgIpc) is 2.86. The lowest BCUT2D eigenvalue weighted by atomic mass is 10.1. The maximum absolute atomic E-state index is 11.7. The number of nitrogens with zero attached hydrogens (tertiary/aromatic N) is 1. The van der Waals surface area contributed by atoms with Crippen LogP contribution in [0.15, 0.2) is 58.1 Å². The van der Waals surface area contributed by atoms with Crippen LogP contribution in [0.4, 0.5) is 0 Å². The molecule has 102 valence electrons. The van der Waals surface area contributed by atoms with Crippen LogP contribution in [0.25, 0.3) is 21.8 Å². The molecule has 0 radical (unpaired) electrons. The van der Waals surface area contributed by atoms with Crippen molar-refractivity contribution in [3.05, 3.63) is 79.6 Å². The Morgan fingerprint density at radius 2 is 1.33 bits per heavy atom. The molecule has 0 spiro atoms. The molecule has 0 saturated heterocycles. The fourth-order valence-electron chi connectivity index (χ4n) is 2.88. The number of rotatable bonds is 2. The van der Waals surface area contributed by atoms with E-state index in [1.807, 2.05) is 41.0 Å². The highest BCUT2D eigenvalue weighted by Crippen LogP contribution is 2.29. The Bertz CT molecular complexity index is 1010. The van der Waals surface area contributed by atoms with Crippen molar-refractivity contribution in [1.82, 2.24) is 4.57 Å². The third-order valence-corrected chi connectivity index (χ3v) is 4.34. The molecule has 0 saturated carbocycles. The fraction of sp³-hybridized carbons (Fsp3) is 0.0588. The van der Waals surface area contributed by atoms with Gasteiger partial charge in [-0.05, 0) is 12.1 Å². The van der Waals surface area contributed by atoms with Crippen molar-refractivity contribution in [3.8, 4) is 0 Å². The molecule has 4 heteroatoms. The zero-order chi connectivity index (χ0) is 14.6. The maximum atomic E-state index is 11.7. The zero-order valence-electron chi connectivity index (χ0n) is 11.0. The van der Waals surface area contributed by atoms with Crippen LogP contribution in [0.3, 0.4) is 0 Å². The monoisotopic (exact) mass is 295 g/mol. The van der Waals surface area contributed by atoms with Gasteiger partial charge in [-0.15, -0.1) is 0 Å². The maximum Gasteiger partial charge on any atom is 0.245 e. The molecule has 1 heterocycles. The molecule has 4 rings (SSSR count). The summed E-state index contributed by atoms with van der Waals surface area (Å²) in [4.78, 5) is 22.9. The molecule has 0 aliphatic rings. The summed E-state index contributed by atoms with van der Waals surface area (Å²) in [7, 11) is 0. The highest BCUT2D eigenvalue weighted by atomic mass is 35.5. The fourth-order valence-corrected chi connectivity index (χ4v) is 3.12. The molecule has 0 N–H and O–H groups in total. The largest absolute Gasteiger partial charge is 0.336 e. The molecule has 21 heavy (non-hydrogen) atoms. The molecule has 1 aromatic heterocycles. The summed E-state index contributed by atoms with van der Waals surface area (Å²) in [6, 6.07) is 16.0. The Labute approximate surface area is 124 Å². The van der Waals surface area contributed by atoms with Gasteiger partial charge >= 0.3 is 0 Å². The molecule has 0 unspecified atom stereocenters. The van der Waals surface area contributed by atoms with Gasteiger partial charge in [0, 0.05) is 27.4 Å². The lowest BCUT2D eigenvalue weighted by molar-refractivity contribution is 0.849. The second-order valence-corrected chi connectivity index (χ2v) is 5.45. The number of halogens is 1. The molecular weight excluding hydrogens is 286 g/mol. The summed E-state index contributed by atoms with van der Waals surface area (Å²) in [6.45, 7) is 0.331. The van der Waals surface area contributed by atoms with Crippen molar-refractivity contribution < 1.29 is 0 Å². The van der Waals surface area contributed by atoms with E-state index in [4.69, 9.17) is 11.6 Å². The topological polar surface area (TPSA) is 39.1 Å². The molecule has 4 aromatic rings. The number of benzene rings is 2. The Morgan fingerprint density at radius 1 is 0.810 bits per heavy atom. The van der Waals surface area contributed by atoms with Gasteiger partial charge in [0.25, 0.3) is 0 Å². The van der Waals surface area contributed by atoms with E-state index in [-0.39, 0.29) is 5.02 Å². The third-order valence-electron chi connectivity index (χ3n) is 3.94. The summed E-state index contributed by atoms with van der Waals surface area (Å²) in [5, 5.41) is 2.33. The molecule has 0 fully saturated rings. The molecule has 3 aromatic carbocycles. The second kappa shape index (κ2) is 4.30. The molecule has 0 aliphatic carbocycles. The van der Waals surface area contributed by atoms with Gasteiger partial charge in [-0.1, -0.05) is 48.0 Å². The number of aromatic nitrogens is 1. The van der Waals surface area contributed by atoms with Gasteiger partial charge in [-0.3, -0.25) is 9.59 Å². The van der Waals surface area contributed by atoms with Crippen LogP contribution >= 0.6 is 11.6 Å². The van der Waals surface area contributed by atoms with Crippen LogP contribution < -0.4 is 10.9 Å². The lowest BCUT2D eigenvalue weighted by Crippen LogP contribution is -2.36. The van der Waals surface area contributed by atoms with E-state index >= 15 is 0 Å². The Kier molecular flexibility index (Phi) is 2.53. The Balaban J connectivity index is 2.03. The first-order valence-corrected chi connectivity index (χ1v) is 7.00. The van der Waals surface area contributed by atoms with Crippen LogP contribution in [0.1, 0.15) is 5.56 Å². The zero-order valence-corrected chi connectivity index (χ0v) is 11.7. The number of fused-ring (bicyclic) bond motifs is 3. The SMILES string of the molecule is O=c1c(Cl)c(Cn2c3ccccc3c3ccccc32)c1=O. The van der Waals surface area contributed by atoms with Crippen molar-refractivity contribution in [2.24, 2.45) is 0 Å². The summed E-state index contributed by atoms with van der Waals surface area (Å²) < 4.78 is 2.03. The van der Waals surface area contributed by atoms with Gasteiger partial charge in [0.05, 0.1) is 6.54 Å². The first-order valence-electron chi connectivity index (χ1n) is 6.62. The Morgan fingerprint density at radius 3 is 1.86 bits per heavy atom. The predicted molar refractivity (Wildman–Crippen MR) is 84.9 cm³/mol. The van der Waals surface area contributed by atoms with Crippen molar-refractivity contribution in [3.63, 3.8) is 0 Å². The van der Waals surface area contributed by atoms with Gasteiger partial charge in [0.2, 0.25) is 10.9 Å². The minimum Gasteiger partial charge on any atom is -0.336 e. The van der Waals surface area contributed by atoms with Crippen LogP contribution in [-0.4, -0.2) is 4.57 Å². The van der Waals surface area contributed by atoms with Crippen LogP contribution in [0, 0.1) is 0 Å². The molecule has 0 bridgehead atoms. The average molecular weight is 296 g/mol. The standard InChI is InChI=1S/C17H10ClNO2/c18-15-12(16(20)17(15)21)9-19-13-7-3-1-5-10(13)11-6-2-4-8-14(11)19/h1-8H,9H2. The molecular formula is C17H10ClNO2. The summed E-state index contributed by atoms with van der Waals surface area (Å²) in [6.07, 6.45) is 0. The molecule has 0 aliphatic heterocycles. The second-order valence-electron chi connectivity index (χ2n) is 5.07. The minimum absolute atomic E-state index is 0.0712. The van der Waals surface area contributed by atoms with Crippen molar-refractivity contribution >= 4 is 33.4 Å². The predicted octanol–water partition coefficient (Wildman–Crippen LogP) is 3.09. The summed E-state index contributed by atoms with van der Waals surface area (Å²) >= 11 is 5.88. The van der Waals surface area contributed by atoms with Crippen LogP contribution in [-0.2, 0) is 6.54 Å². The van der Waals surface area contributed by atoms with E-state index in [2.05, 4.69) is 12.1 Å². The molecule has 0 amide bonds. The van der Waals surface area contributed by atoms with E-state index in [9.17, 15) is 9.59 Å². The van der Waals surface area contributed by atoms with Gasteiger partial charge in [0.1, 0.15) is 5.02 Å². The third kappa shape index (κ3) is 1.61. The van der Waals surface area contributed by atoms with E-state index < -0.39 is 10.9 Å². The smallest absolute Gasteiger partial charge is 0.245 e. The van der Waals surface area contributed by atoms with Crippen molar-refractivity contribution in [2.75, 3.05) is 0 Å². The number of para-hydroxylation sites is 2. The summed E-state index contributed by atoms with van der Waals surface area (Å²) in [5.41, 5.74) is 1.41. The van der Waals surface area contributed by atoms with Crippen molar-refractivity contribution in [2.45, 2.75) is 6.54 Å². The van der Waals surface area contributed by atoms with Gasteiger partial charge in [-0.2, -0.15) is 0 Å². The highest BCUT2D eigenvalue weighted by Gasteiger charge is 2.20. The van der Waals surface area contributed by atoms with E-state index in [1.54, 1.807) is 0 Å². The van der Waals surface area contributed by atoms with Crippen LogP contribution in [0.2, 0.25) is 5.02 Å². The first-order chi connectivity index (χ1) is 10.2. The highest BCUT2D eigenvalue weighted by molar-refractivity contribution is 6.32. The lowest BCUT2D eigenvalue weighted by Gasteiger charge is -2.09. The molecule has 0 atom stereocenters. The minimum atomic E-state index is -0.576. The van der Waals surface area contributed by atoms with Crippen LogP contribution in [0.5, 0.6) is 0 Å². The Hall–Kier alpha value is -2.39. The number of hydrogen-bond acceptors (Lipinski definition) is 2. The quantitative estimate of drug-likeness (QED) is 0.533. The van der Waals surface area contributed by atoms with E-state index in [0.717, 1.165) is 21.8 Å². The van der Waals surface area contributed by atoms with E-state index in [0.29, 0.717) is 12.1 Å². The van der Waals surface area contributed by atoms with Gasteiger partial charge in [0.15, 0.2) is 0 Å². The van der Waals surface area contributed by atoms with E-state index in [1.165, 1.54) is 0 Å².